The second kappa shape index (κ2) is 18.8. The van der Waals surface area contributed by atoms with E-state index in [1.807, 2.05) is 112 Å². The fraction of sp³-hybridized carbons (Fsp3) is 0.388. The zero-order valence-corrected chi connectivity index (χ0v) is 40.7. The number of β-amino-alcohol motifs (C(OH)–C–C–N with tert-alkyl or cyclic N) is 1. The van der Waals surface area contributed by atoms with Crippen LogP contribution in [-0.4, -0.2) is 89.0 Å². The number of benzene rings is 2. The fourth-order valence-electron chi connectivity index (χ4n) is 8.64. The number of nitrogens with one attached hydrogen (secondary N) is 2. The van der Waals surface area contributed by atoms with E-state index >= 15 is 0 Å². The van der Waals surface area contributed by atoms with Gasteiger partial charge in [-0.25, -0.2) is 4.98 Å². The molecule has 17 heteroatoms. The molecule has 0 spiro atoms. The molecule has 14 nitrogen and oxygen atoms in total. The van der Waals surface area contributed by atoms with Crippen molar-refractivity contribution in [1.82, 2.24) is 35.3 Å². The largest absolute Gasteiger partial charge is 0.481 e. The number of carboxylic acids is 1. The Bertz CT molecular complexity index is 2830. The summed E-state index contributed by atoms with van der Waals surface area (Å²) in [6, 6.07) is 17.2. The van der Waals surface area contributed by atoms with Crippen LogP contribution in [0, 0.1) is 33.1 Å². The number of fused-ring (bicyclic) bond motifs is 3. The van der Waals surface area contributed by atoms with Gasteiger partial charge in [-0.1, -0.05) is 69.3 Å². The van der Waals surface area contributed by atoms with Crippen molar-refractivity contribution in [3.63, 3.8) is 0 Å². The standard InChI is InChI=1S/C49H54N8O6S3/c1-25-28(4)65-48-41(25)42(52-36(22-40(60)61)45-55-54-29(5)57(45)48)32-13-11-31(12-14-32)38-19-17-35(66-38)18-20-39(59)53-44(49(6,7)8)47(63)56-23-34(58)21-37(56)46(62)51-26(2)30-9-15-33(16-10-30)43-27(3)50-24-64-43/h9-17,19,24,26,34,36-37,44,58H,18,20-23H2,1-8H3,(H,51,62)(H,53,59)(H,60,61)/t26?,34-,36+,37+,44?/m1/s1. The summed E-state index contributed by atoms with van der Waals surface area (Å²) in [5.74, 6) is -0.837. The summed E-state index contributed by atoms with van der Waals surface area (Å²) < 4.78 is 1.94. The van der Waals surface area contributed by atoms with Gasteiger partial charge in [-0.2, -0.15) is 0 Å². The van der Waals surface area contributed by atoms with Crippen molar-refractivity contribution < 1.29 is 29.4 Å². The number of aryl methyl sites for hydroxylation is 4. The molecule has 5 atom stereocenters. The molecule has 6 heterocycles. The van der Waals surface area contributed by atoms with E-state index in [2.05, 4.69) is 39.7 Å². The van der Waals surface area contributed by atoms with Crippen molar-refractivity contribution in [2.45, 2.75) is 111 Å². The van der Waals surface area contributed by atoms with Crippen molar-refractivity contribution in [2.24, 2.45) is 10.4 Å². The number of thiophene rings is 2. The van der Waals surface area contributed by atoms with Crippen molar-refractivity contribution in [3.05, 3.63) is 116 Å². The van der Waals surface area contributed by atoms with Crippen LogP contribution in [0.3, 0.4) is 0 Å². The molecule has 0 aliphatic carbocycles. The van der Waals surface area contributed by atoms with Crippen molar-refractivity contribution >= 4 is 63.4 Å². The lowest BCUT2D eigenvalue weighted by Gasteiger charge is -2.35. The third-order valence-electron chi connectivity index (χ3n) is 12.4. The number of aliphatic hydroxyl groups excluding tert-OH is 1. The predicted molar refractivity (Wildman–Crippen MR) is 259 cm³/mol. The fourth-order valence-corrected chi connectivity index (χ4v) is 11.7. The van der Waals surface area contributed by atoms with Crippen LogP contribution in [0.2, 0.25) is 0 Å². The molecular weight excluding hydrogens is 893 g/mol. The Labute approximate surface area is 395 Å². The first-order valence-electron chi connectivity index (χ1n) is 22.0. The lowest BCUT2D eigenvalue weighted by Crippen LogP contribution is -2.57. The molecule has 1 fully saturated rings. The molecular formula is C49H54N8O6S3. The first-order chi connectivity index (χ1) is 31.4. The van der Waals surface area contributed by atoms with Gasteiger partial charge >= 0.3 is 5.97 Å². The molecule has 344 valence electrons. The maximum absolute atomic E-state index is 14.3. The maximum atomic E-state index is 14.3. The number of hydrogen-bond acceptors (Lipinski definition) is 12. The maximum Gasteiger partial charge on any atom is 0.306 e. The van der Waals surface area contributed by atoms with Crippen molar-refractivity contribution in [1.29, 1.82) is 0 Å². The van der Waals surface area contributed by atoms with Crippen LogP contribution in [0.15, 0.2) is 71.2 Å². The number of aromatic nitrogens is 4. The highest BCUT2D eigenvalue weighted by atomic mass is 32.1. The summed E-state index contributed by atoms with van der Waals surface area (Å²) in [7, 11) is 0. The molecule has 4 N–H and O–H groups in total. The van der Waals surface area contributed by atoms with Gasteiger partial charge in [0.15, 0.2) is 5.82 Å². The number of aliphatic imine (C=N–C) groups is 1. The SMILES string of the molecule is Cc1ncsc1-c1ccc(C(C)NC(=O)[C@@H]2C[C@@H](O)CN2C(=O)C(NC(=O)CCc2ccc(-c3ccc(C4=N[C@@H](CC(=O)O)c5nnc(C)n5-c5sc(C)c(C)c54)cc3)s2)C(C)(C)C)cc1. The topological polar surface area (TPSA) is 192 Å². The van der Waals surface area contributed by atoms with Gasteiger partial charge in [-0.05, 0) is 80.8 Å². The Morgan fingerprint density at radius 2 is 1.59 bits per heavy atom. The Hall–Kier alpha value is -5.88. The molecule has 0 bridgehead atoms. The first kappa shape index (κ1) is 46.6. The number of rotatable bonds is 13. The number of likely N-dealkylation sites (tertiary alicyclic amines) is 1. The Morgan fingerprint density at radius 1 is 0.894 bits per heavy atom. The number of carbonyl (C=O) groups is 4. The summed E-state index contributed by atoms with van der Waals surface area (Å²) in [6.07, 6.45) is -0.387. The van der Waals surface area contributed by atoms with E-state index in [1.165, 1.54) is 4.90 Å². The van der Waals surface area contributed by atoms with E-state index in [-0.39, 0.29) is 43.7 Å². The Morgan fingerprint density at radius 3 is 2.26 bits per heavy atom. The van der Waals surface area contributed by atoms with Gasteiger partial charge in [0, 0.05) is 45.1 Å². The zero-order chi connectivity index (χ0) is 47.2. The Kier molecular flexibility index (Phi) is 13.3. The summed E-state index contributed by atoms with van der Waals surface area (Å²) in [4.78, 5) is 68.6. The van der Waals surface area contributed by atoms with E-state index < -0.39 is 41.5 Å². The van der Waals surface area contributed by atoms with E-state index in [0.29, 0.717) is 23.8 Å². The lowest BCUT2D eigenvalue weighted by molar-refractivity contribution is -0.144. The monoisotopic (exact) mass is 946 g/mol. The number of aliphatic hydroxyl groups is 1. The van der Waals surface area contributed by atoms with E-state index in [0.717, 1.165) is 63.6 Å². The molecule has 2 unspecified atom stereocenters. The van der Waals surface area contributed by atoms with Crippen LogP contribution in [0.1, 0.15) is 108 Å². The third kappa shape index (κ3) is 9.52. The molecule has 6 aromatic rings. The average molecular weight is 947 g/mol. The van der Waals surface area contributed by atoms with Gasteiger partial charge in [0.25, 0.3) is 0 Å². The predicted octanol–water partition coefficient (Wildman–Crippen LogP) is 8.08. The lowest BCUT2D eigenvalue weighted by atomic mass is 9.85. The van der Waals surface area contributed by atoms with Crippen LogP contribution in [-0.2, 0) is 25.6 Å². The minimum Gasteiger partial charge on any atom is -0.481 e. The quantitative estimate of drug-likeness (QED) is 0.0886. The molecule has 0 saturated carbocycles. The van der Waals surface area contributed by atoms with Crippen LogP contribution in [0.4, 0.5) is 0 Å². The number of nitrogens with zero attached hydrogens (tertiary/aromatic N) is 6. The van der Waals surface area contributed by atoms with Crippen LogP contribution in [0.25, 0.3) is 25.9 Å². The highest BCUT2D eigenvalue weighted by molar-refractivity contribution is 7.15. The normalized spacial score (nSPS) is 17.9. The zero-order valence-electron chi connectivity index (χ0n) is 38.2. The summed E-state index contributed by atoms with van der Waals surface area (Å²) in [6.45, 7) is 15.5. The van der Waals surface area contributed by atoms with E-state index in [9.17, 15) is 29.4 Å². The highest BCUT2D eigenvalue weighted by Gasteiger charge is 2.45. The van der Waals surface area contributed by atoms with Crippen LogP contribution >= 0.6 is 34.0 Å². The smallest absolute Gasteiger partial charge is 0.306 e. The van der Waals surface area contributed by atoms with Gasteiger partial charge in [0.1, 0.15) is 29.0 Å². The molecule has 1 saturated heterocycles. The van der Waals surface area contributed by atoms with Crippen molar-refractivity contribution in [2.75, 3.05) is 6.54 Å². The van der Waals surface area contributed by atoms with Gasteiger partial charge in [-0.3, -0.25) is 28.7 Å². The molecule has 2 aromatic carbocycles. The second-order valence-electron chi connectivity index (χ2n) is 18.2. The Balaban J connectivity index is 0.912. The minimum absolute atomic E-state index is 0.00729. The highest BCUT2D eigenvalue weighted by Crippen LogP contribution is 2.40. The van der Waals surface area contributed by atoms with Gasteiger partial charge < -0.3 is 25.7 Å². The molecule has 3 amide bonds. The molecule has 8 rings (SSSR count). The average Bonchev–Trinajstić information content (AvgIpc) is 4.12. The van der Waals surface area contributed by atoms with Crippen LogP contribution < -0.4 is 10.6 Å². The molecule has 2 aliphatic heterocycles. The number of carboxylic acid groups (broad SMARTS) is 1. The summed E-state index contributed by atoms with van der Waals surface area (Å²) >= 11 is 4.78. The van der Waals surface area contributed by atoms with Gasteiger partial charge in [-0.15, -0.1) is 44.2 Å². The number of aliphatic carboxylic acids is 1. The van der Waals surface area contributed by atoms with Gasteiger partial charge in [0.05, 0.1) is 40.4 Å². The van der Waals surface area contributed by atoms with Crippen LogP contribution in [0.5, 0.6) is 0 Å². The summed E-state index contributed by atoms with van der Waals surface area (Å²) in [5.41, 5.74) is 8.64. The number of amides is 3. The molecule has 66 heavy (non-hydrogen) atoms. The van der Waals surface area contributed by atoms with Gasteiger partial charge in [0.2, 0.25) is 17.7 Å². The molecule has 0 radical (unpaired) electrons. The van der Waals surface area contributed by atoms with E-state index in [1.54, 1.807) is 34.0 Å². The molecule has 4 aromatic heterocycles. The second-order valence-corrected chi connectivity index (χ2v) is 21.4. The minimum atomic E-state index is -0.970. The number of hydrogen-bond donors (Lipinski definition) is 4. The summed E-state index contributed by atoms with van der Waals surface area (Å²) in [5, 5.41) is 36.1. The van der Waals surface area contributed by atoms with Crippen molar-refractivity contribution in [3.8, 4) is 25.9 Å². The third-order valence-corrected chi connectivity index (χ3v) is 15.7. The number of carbonyl (C=O) groups excluding carboxylic acids is 3. The molecule has 2 aliphatic rings. The van der Waals surface area contributed by atoms with E-state index in [4.69, 9.17) is 4.99 Å². The number of thiazole rings is 1. The first-order valence-corrected chi connectivity index (χ1v) is 24.5.